The van der Waals surface area contributed by atoms with Gasteiger partial charge in [-0.25, -0.2) is 0 Å². The van der Waals surface area contributed by atoms with Gasteiger partial charge in [-0.05, 0) is 5.56 Å². The van der Waals surface area contributed by atoms with Gasteiger partial charge >= 0.3 is 5.97 Å². The van der Waals surface area contributed by atoms with E-state index in [4.69, 9.17) is 14.2 Å². The number of hydrogen-bond donors (Lipinski definition) is 3. The molecule has 1 aromatic carbocycles. The normalized spacial score (nSPS) is 31.7. The largest absolute Gasteiger partial charge is 0.454 e. The fraction of sp³-hybridized carbons (Fsp3) is 0.533. The van der Waals surface area contributed by atoms with Crippen LogP contribution in [0.25, 0.3) is 0 Å². The monoisotopic (exact) mass is 312 g/mol. The number of aliphatic hydroxyl groups excluding tert-OH is 3. The molecule has 22 heavy (non-hydrogen) atoms. The first-order chi connectivity index (χ1) is 10.5. The maximum absolute atomic E-state index is 11.2. The highest BCUT2D eigenvalue weighted by molar-refractivity contribution is 5.66. The fourth-order valence-electron chi connectivity index (χ4n) is 2.33. The molecule has 1 fully saturated rings. The maximum atomic E-state index is 11.2. The van der Waals surface area contributed by atoms with Crippen molar-refractivity contribution in [2.75, 3.05) is 6.61 Å². The zero-order valence-electron chi connectivity index (χ0n) is 12.2. The molecule has 2 rings (SSSR count). The van der Waals surface area contributed by atoms with Gasteiger partial charge in [0.15, 0.2) is 12.4 Å². The lowest BCUT2D eigenvalue weighted by Gasteiger charge is -2.41. The molecule has 7 heteroatoms. The van der Waals surface area contributed by atoms with Crippen molar-refractivity contribution in [1.29, 1.82) is 0 Å². The van der Waals surface area contributed by atoms with Gasteiger partial charge in [-0.2, -0.15) is 0 Å². The number of carbonyl (C=O) groups is 1. The third kappa shape index (κ3) is 4.02. The zero-order valence-corrected chi connectivity index (χ0v) is 12.2. The van der Waals surface area contributed by atoms with Gasteiger partial charge in [0.25, 0.3) is 0 Å². The summed E-state index contributed by atoms with van der Waals surface area (Å²) in [7, 11) is 0. The minimum atomic E-state index is -1.48. The zero-order chi connectivity index (χ0) is 16.1. The van der Waals surface area contributed by atoms with Crippen molar-refractivity contribution in [2.45, 2.75) is 44.2 Å². The molecule has 0 aliphatic carbocycles. The molecule has 1 aliphatic heterocycles. The van der Waals surface area contributed by atoms with Crippen LogP contribution in [0.4, 0.5) is 0 Å². The summed E-state index contributed by atoms with van der Waals surface area (Å²) >= 11 is 0. The molecule has 0 bridgehead atoms. The third-order valence-electron chi connectivity index (χ3n) is 3.40. The molecular formula is C15H20O7. The summed E-state index contributed by atoms with van der Waals surface area (Å²) in [5, 5.41) is 29.3. The van der Waals surface area contributed by atoms with Crippen molar-refractivity contribution in [1.82, 2.24) is 0 Å². The van der Waals surface area contributed by atoms with Gasteiger partial charge in [0, 0.05) is 6.92 Å². The standard InChI is InChI=1S/C15H20O7/c1-9(17)21-14-13(12(18)11(7-16)22-15(14)19)20-8-10-5-3-2-4-6-10/h2-6,11-16,18-19H,7-8H2,1H3/t11-,12+,13-,14+,15+/m0/s1. The summed E-state index contributed by atoms with van der Waals surface area (Å²) in [5.41, 5.74) is 0.859. The van der Waals surface area contributed by atoms with Gasteiger partial charge in [-0.1, -0.05) is 30.3 Å². The van der Waals surface area contributed by atoms with E-state index in [1.807, 2.05) is 30.3 Å². The summed E-state index contributed by atoms with van der Waals surface area (Å²) < 4.78 is 15.6. The van der Waals surface area contributed by atoms with Crippen molar-refractivity contribution in [3.63, 3.8) is 0 Å². The Hall–Kier alpha value is -1.51. The Kier molecular flexibility index (Phi) is 5.87. The Labute approximate surface area is 128 Å². The number of rotatable bonds is 5. The van der Waals surface area contributed by atoms with Crippen molar-refractivity contribution in [3.8, 4) is 0 Å². The predicted molar refractivity (Wildman–Crippen MR) is 74.5 cm³/mol. The Balaban J connectivity index is 2.10. The van der Waals surface area contributed by atoms with Crippen molar-refractivity contribution in [3.05, 3.63) is 35.9 Å². The summed E-state index contributed by atoms with van der Waals surface area (Å²) in [6, 6.07) is 9.22. The Morgan fingerprint density at radius 1 is 1.23 bits per heavy atom. The number of esters is 1. The van der Waals surface area contributed by atoms with Gasteiger partial charge in [-0.15, -0.1) is 0 Å². The van der Waals surface area contributed by atoms with E-state index in [0.717, 1.165) is 5.56 Å². The predicted octanol–water partition coefficient (Wildman–Crippen LogP) is -0.426. The molecule has 3 N–H and O–H groups in total. The molecule has 7 nitrogen and oxygen atoms in total. The second kappa shape index (κ2) is 7.66. The molecule has 0 unspecified atom stereocenters. The molecular weight excluding hydrogens is 292 g/mol. The van der Waals surface area contributed by atoms with E-state index in [0.29, 0.717) is 0 Å². The van der Waals surface area contributed by atoms with E-state index in [1.54, 1.807) is 0 Å². The number of aliphatic hydroxyl groups is 3. The number of ether oxygens (including phenoxy) is 3. The summed E-state index contributed by atoms with van der Waals surface area (Å²) in [6.07, 6.45) is -5.90. The number of carbonyl (C=O) groups excluding carboxylic acids is 1. The lowest BCUT2D eigenvalue weighted by atomic mass is 9.98. The molecule has 1 aliphatic rings. The van der Waals surface area contributed by atoms with Crippen molar-refractivity contribution < 1.29 is 34.3 Å². The number of benzene rings is 1. The van der Waals surface area contributed by atoms with Crippen LogP contribution < -0.4 is 0 Å². The van der Waals surface area contributed by atoms with Crippen LogP contribution >= 0.6 is 0 Å². The quantitative estimate of drug-likeness (QED) is 0.634. The first-order valence-electron chi connectivity index (χ1n) is 6.98. The highest BCUT2D eigenvalue weighted by Gasteiger charge is 2.47. The highest BCUT2D eigenvalue weighted by atomic mass is 16.7. The minimum absolute atomic E-state index is 0.158. The molecule has 1 heterocycles. The van der Waals surface area contributed by atoms with Crippen molar-refractivity contribution >= 4 is 5.97 Å². The molecule has 1 saturated heterocycles. The van der Waals surface area contributed by atoms with Crippen molar-refractivity contribution in [2.24, 2.45) is 0 Å². The van der Waals surface area contributed by atoms with Crippen LogP contribution in [0.5, 0.6) is 0 Å². The van der Waals surface area contributed by atoms with Gasteiger partial charge < -0.3 is 29.5 Å². The van der Waals surface area contributed by atoms with E-state index >= 15 is 0 Å². The topological polar surface area (TPSA) is 105 Å². The number of hydrogen-bond acceptors (Lipinski definition) is 7. The van der Waals surface area contributed by atoms with Gasteiger partial charge in [-0.3, -0.25) is 4.79 Å². The molecule has 0 spiro atoms. The van der Waals surface area contributed by atoms with Crippen LogP contribution in [0.15, 0.2) is 30.3 Å². The summed E-state index contributed by atoms with van der Waals surface area (Å²) in [6.45, 7) is 0.854. The Morgan fingerprint density at radius 2 is 1.91 bits per heavy atom. The smallest absolute Gasteiger partial charge is 0.303 e. The van der Waals surface area contributed by atoms with Gasteiger partial charge in [0.05, 0.1) is 13.2 Å². The van der Waals surface area contributed by atoms with E-state index in [2.05, 4.69) is 0 Å². The Morgan fingerprint density at radius 3 is 2.50 bits per heavy atom. The second-order valence-electron chi connectivity index (χ2n) is 5.07. The van der Waals surface area contributed by atoms with Gasteiger partial charge in [0.2, 0.25) is 0 Å². The summed E-state index contributed by atoms with van der Waals surface area (Å²) in [5.74, 6) is -0.629. The first kappa shape index (κ1) is 16.9. The molecule has 0 aromatic heterocycles. The Bertz CT molecular complexity index is 478. The molecule has 122 valence electrons. The molecule has 1 aromatic rings. The second-order valence-corrected chi connectivity index (χ2v) is 5.07. The van der Waals surface area contributed by atoms with Gasteiger partial charge in [0.1, 0.15) is 18.3 Å². The first-order valence-corrected chi connectivity index (χ1v) is 6.98. The van der Waals surface area contributed by atoms with Crippen LogP contribution in [0.1, 0.15) is 12.5 Å². The molecule has 5 atom stereocenters. The lowest BCUT2D eigenvalue weighted by Crippen LogP contribution is -2.60. The SMILES string of the molecule is CC(=O)O[C@@H]1[C@@H](OCc2ccccc2)[C@H](O)[C@H](CO)O[C@H]1O. The molecule has 0 amide bonds. The average molecular weight is 312 g/mol. The van der Waals surface area contributed by atoms with E-state index in [-0.39, 0.29) is 6.61 Å². The lowest BCUT2D eigenvalue weighted by molar-refractivity contribution is -0.299. The van der Waals surface area contributed by atoms with Crippen LogP contribution in [-0.4, -0.2) is 58.6 Å². The third-order valence-corrected chi connectivity index (χ3v) is 3.40. The van der Waals surface area contributed by atoms with E-state index < -0.39 is 43.3 Å². The van der Waals surface area contributed by atoms with Crippen LogP contribution in [-0.2, 0) is 25.6 Å². The van der Waals surface area contributed by atoms with Crippen LogP contribution in [0.3, 0.4) is 0 Å². The van der Waals surface area contributed by atoms with Crippen LogP contribution in [0.2, 0.25) is 0 Å². The molecule has 0 saturated carbocycles. The average Bonchev–Trinajstić information content (AvgIpc) is 2.50. The minimum Gasteiger partial charge on any atom is -0.454 e. The highest BCUT2D eigenvalue weighted by Crippen LogP contribution is 2.25. The van der Waals surface area contributed by atoms with E-state index in [9.17, 15) is 20.1 Å². The fourth-order valence-corrected chi connectivity index (χ4v) is 2.33. The van der Waals surface area contributed by atoms with Crippen LogP contribution in [0, 0.1) is 0 Å². The molecule has 0 radical (unpaired) electrons. The maximum Gasteiger partial charge on any atom is 0.303 e. The van der Waals surface area contributed by atoms with E-state index in [1.165, 1.54) is 6.92 Å². The summed E-state index contributed by atoms with van der Waals surface area (Å²) in [4.78, 5) is 11.2.